The number of hydrogen-bond acceptors (Lipinski definition) is 2. The van der Waals surface area contributed by atoms with E-state index in [1.54, 1.807) is 0 Å². The minimum Gasteiger partial charge on any atom is -0.356 e. The molecule has 1 rings (SSSR count). The third-order valence-electron chi connectivity index (χ3n) is 2.06. The smallest absolute Gasteiger partial charge is 0.223 e. The molecule has 0 saturated carbocycles. The summed E-state index contributed by atoms with van der Waals surface area (Å²) in [5.41, 5.74) is 5.61. The zero-order chi connectivity index (χ0) is 8.27. The number of nitrogens with two attached hydrogens (primary N) is 1. The molecular weight excluding hydrogens is 140 g/mol. The summed E-state index contributed by atoms with van der Waals surface area (Å²) in [7, 11) is 0. The second-order valence-corrected chi connectivity index (χ2v) is 3.34. The first-order chi connectivity index (χ1) is 5.20. The first-order valence-electron chi connectivity index (χ1n) is 4.23. The van der Waals surface area contributed by atoms with Crippen LogP contribution in [0, 0.1) is 5.92 Å². The second-order valence-electron chi connectivity index (χ2n) is 3.34. The summed E-state index contributed by atoms with van der Waals surface area (Å²) >= 11 is 0. The number of carbonyl (C=O) groups excluding carboxylic acids is 1. The Kier molecular flexibility index (Phi) is 2.88. The van der Waals surface area contributed by atoms with Crippen molar-refractivity contribution in [2.45, 2.75) is 32.2 Å². The highest BCUT2D eigenvalue weighted by molar-refractivity contribution is 5.79. The van der Waals surface area contributed by atoms with Gasteiger partial charge in [-0.25, -0.2) is 0 Å². The van der Waals surface area contributed by atoms with Crippen molar-refractivity contribution in [1.29, 1.82) is 0 Å². The van der Waals surface area contributed by atoms with Crippen LogP contribution in [0.2, 0.25) is 0 Å². The lowest BCUT2D eigenvalue weighted by molar-refractivity contribution is -0.126. The Balaban J connectivity index is 2.36. The molecule has 0 radical (unpaired) electrons. The summed E-state index contributed by atoms with van der Waals surface area (Å²) < 4.78 is 0. The van der Waals surface area contributed by atoms with Gasteiger partial charge in [-0.1, -0.05) is 0 Å². The van der Waals surface area contributed by atoms with Gasteiger partial charge < -0.3 is 11.1 Å². The first-order valence-corrected chi connectivity index (χ1v) is 4.23. The largest absolute Gasteiger partial charge is 0.356 e. The zero-order valence-electron chi connectivity index (χ0n) is 6.97. The van der Waals surface area contributed by atoms with Crippen LogP contribution in [-0.4, -0.2) is 18.5 Å². The molecule has 0 bridgehead atoms. The topological polar surface area (TPSA) is 55.1 Å². The molecule has 0 aromatic carbocycles. The van der Waals surface area contributed by atoms with Crippen molar-refractivity contribution >= 4 is 5.91 Å². The molecule has 0 spiro atoms. The van der Waals surface area contributed by atoms with Crippen LogP contribution in [0.3, 0.4) is 0 Å². The minimum atomic E-state index is 0.142. The summed E-state index contributed by atoms with van der Waals surface area (Å²) in [6.07, 6.45) is 2.93. The van der Waals surface area contributed by atoms with Crippen LogP contribution in [0.25, 0.3) is 0 Å². The Morgan fingerprint density at radius 1 is 1.82 bits per heavy atom. The van der Waals surface area contributed by atoms with E-state index < -0.39 is 0 Å². The Morgan fingerprint density at radius 3 is 3.09 bits per heavy atom. The van der Waals surface area contributed by atoms with Crippen molar-refractivity contribution in [2.75, 3.05) is 6.54 Å². The molecule has 0 aromatic heterocycles. The van der Waals surface area contributed by atoms with Gasteiger partial charge >= 0.3 is 0 Å². The third-order valence-corrected chi connectivity index (χ3v) is 2.06. The average Bonchev–Trinajstić information content (AvgIpc) is 1.93. The first kappa shape index (κ1) is 8.53. The lowest BCUT2D eigenvalue weighted by Gasteiger charge is -2.22. The fraction of sp³-hybridized carbons (Fsp3) is 0.875. The lowest BCUT2D eigenvalue weighted by atomic mass is 9.92. The van der Waals surface area contributed by atoms with Crippen molar-refractivity contribution < 1.29 is 4.79 Å². The molecule has 3 nitrogen and oxygen atoms in total. The molecule has 1 fully saturated rings. The van der Waals surface area contributed by atoms with Gasteiger partial charge in [0.2, 0.25) is 5.91 Å². The molecule has 2 atom stereocenters. The van der Waals surface area contributed by atoms with Gasteiger partial charge in [0.1, 0.15) is 0 Å². The number of rotatable bonds is 2. The van der Waals surface area contributed by atoms with Crippen LogP contribution >= 0.6 is 0 Å². The lowest BCUT2D eigenvalue weighted by Crippen LogP contribution is -2.38. The Bertz CT molecular complexity index is 145. The Hall–Kier alpha value is -0.570. The quantitative estimate of drug-likeness (QED) is 0.602. The van der Waals surface area contributed by atoms with E-state index in [2.05, 4.69) is 5.32 Å². The van der Waals surface area contributed by atoms with E-state index >= 15 is 0 Å². The standard InChI is InChI=1S/C8H16N2O/c1-6(9)5-7-3-2-4-10-8(7)11/h6-7H,2-5,9H2,1H3,(H,10,11). The van der Waals surface area contributed by atoms with Crippen molar-refractivity contribution in [3.8, 4) is 0 Å². The molecule has 1 aliphatic heterocycles. The maximum Gasteiger partial charge on any atom is 0.223 e. The van der Waals surface area contributed by atoms with Crippen LogP contribution in [0.4, 0.5) is 0 Å². The molecule has 3 heteroatoms. The van der Waals surface area contributed by atoms with Gasteiger partial charge in [0, 0.05) is 18.5 Å². The van der Waals surface area contributed by atoms with E-state index in [4.69, 9.17) is 5.73 Å². The van der Waals surface area contributed by atoms with Crippen LogP contribution in [-0.2, 0) is 4.79 Å². The molecule has 0 aromatic rings. The number of hydrogen-bond donors (Lipinski definition) is 2. The van der Waals surface area contributed by atoms with Crippen LogP contribution < -0.4 is 11.1 Å². The summed E-state index contributed by atoms with van der Waals surface area (Å²) in [4.78, 5) is 11.2. The van der Waals surface area contributed by atoms with Crippen LogP contribution in [0.15, 0.2) is 0 Å². The highest BCUT2D eigenvalue weighted by Gasteiger charge is 2.22. The number of carbonyl (C=O) groups is 1. The van der Waals surface area contributed by atoms with E-state index in [0.717, 1.165) is 25.8 Å². The van der Waals surface area contributed by atoms with Crippen molar-refractivity contribution in [1.82, 2.24) is 5.32 Å². The summed E-state index contributed by atoms with van der Waals surface area (Å²) in [5, 5.41) is 2.84. The van der Waals surface area contributed by atoms with Crippen LogP contribution in [0.1, 0.15) is 26.2 Å². The molecule has 64 valence electrons. The van der Waals surface area contributed by atoms with Gasteiger partial charge in [-0.2, -0.15) is 0 Å². The van der Waals surface area contributed by atoms with Gasteiger partial charge in [0.15, 0.2) is 0 Å². The fourth-order valence-electron chi connectivity index (χ4n) is 1.51. The van der Waals surface area contributed by atoms with E-state index in [1.807, 2.05) is 6.92 Å². The molecule has 11 heavy (non-hydrogen) atoms. The molecule has 1 aliphatic rings. The molecule has 3 N–H and O–H groups in total. The van der Waals surface area contributed by atoms with Crippen LogP contribution in [0.5, 0.6) is 0 Å². The van der Waals surface area contributed by atoms with Crippen molar-refractivity contribution in [3.63, 3.8) is 0 Å². The molecule has 2 unspecified atom stereocenters. The second kappa shape index (κ2) is 3.72. The minimum absolute atomic E-state index is 0.142. The summed E-state index contributed by atoms with van der Waals surface area (Å²) in [6, 6.07) is 0.142. The number of piperidine rings is 1. The van der Waals surface area contributed by atoms with Gasteiger partial charge in [-0.15, -0.1) is 0 Å². The van der Waals surface area contributed by atoms with Crippen molar-refractivity contribution in [3.05, 3.63) is 0 Å². The monoisotopic (exact) mass is 156 g/mol. The Morgan fingerprint density at radius 2 is 2.55 bits per heavy atom. The Labute approximate surface area is 67.3 Å². The average molecular weight is 156 g/mol. The van der Waals surface area contributed by atoms with E-state index in [1.165, 1.54) is 0 Å². The third kappa shape index (κ3) is 2.50. The van der Waals surface area contributed by atoms with Crippen molar-refractivity contribution in [2.24, 2.45) is 11.7 Å². The normalized spacial score (nSPS) is 27.8. The highest BCUT2D eigenvalue weighted by atomic mass is 16.1. The predicted molar refractivity (Wildman–Crippen MR) is 44.0 cm³/mol. The predicted octanol–water partition coefficient (Wildman–Crippen LogP) is 0.250. The summed E-state index contributed by atoms with van der Waals surface area (Å²) in [5.74, 6) is 0.359. The molecule has 0 aliphatic carbocycles. The maximum atomic E-state index is 11.2. The van der Waals surface area contributed by atoms with Gasteiger partial charge in [-0.05, 0) is 26.2 Å². The number of amides is 1. The van der Waals surface area contributed by atoms with Gasteiger partial charge in [0.25, 0.3) is 0 Å². The molecule has 1 amide bonds. The zero-order valence-corrected chi connectivity index (χ0v) is 6.97. The molecule has 1 heterocycles. The SMILES string of the molecule is CC(N)CC1CCCNC1=O. The van der Waals surface area contributed by atoms with E-state index in [-0.39, 0.29) is 17.9 Å². The number of nitrogens with one attached hydrogen (secondary N) is 1. The van der Waals surface area contributed by atoms with Gasteiger partial charge in [0.05, 0.1) is 0 Å². The molecular formula is C8H16N2O. The highest BCUT2D eigenvalue weighted by Crippen LogP contribution is 2.16. The van der Waals surface area contributed by atoms with E-state index in [0.29, 0.717) is 0 Å². The fourth-order valence-corrected chi connectivity index (χ4v) is 1.51. The maximum absolute atomic E-state index is 11.2. The molecule has 1 saturated heterocycles. The summed E-state index contributed by atoms with van der Waals surface area (Å²) in [6.45, 7) is 2.79. The van der Waals surface area contributed by atoms with E-state index in [9.17, 15) is 4.79 Å². The van der Waals surface area contributed by atoms with Gasteiger partial charge in [-0.3, -0.25) is 4.79 Å².